The molecule has 1 heteroatoms. The van der Waals surface area contributed by atoms with E-state index < -0.39 is 0 Å². The third-order valence-corrected chi connectivity index (χ3v) is 6.38. The zero-order valence-corrected chi connectivity index (χ0v) is 13.2. The minimum atomic E-state index is 0.619. The average Bonchev–Trinajstić information content (AvgIpc) is 3.28. The summed E-state index contributed by atoms with van der Waals surface area (Å²) >= 11 is 0. The second-order valence-corrected chi connectivity index (χ2v) is 7.87. The van der Waals surface area contributed by atoms with E-state index in [1.54, 1.807) is 0 Å². The summed E-state index contributed by atoms with van der Waals surface area (Å²) < 4.78 is 0. The van der Waals surface area contributed by atoms with E-state index in [1.165, 1.54) is 69.8 Å². The minimum Gasteiger partial charge on any atom is -0.307 e. The van der Waals surface area contributed by atoms with Crippen molar-refractivity contribution < 1.29 is 0 Å². The van der Waals surface area contributed by atoms with Gasteiger partial charge >= 0.3 is 0 Å². The van der Waals surface area contributed by atoms with Gasteiger partial charge in [-0.05, 0) is 68.3 Å². The molecule has 0 radical (unpaired) electrons. The van der Waals surface area contributed by atoms with Crippen molar-refractivity contribution in [2.45, 2.75) is 76.3 Å². The van der Waals surface area contributed by atoms with Gasteiger partial charge in [-0.25, -0.2) is 0 Å². The maximum atomic E-state index is 4.04. The van der Waals surface area contributed by atoms with Crippen LogP contribution in [0.2, 0.25) is 0 Å². The second kappa shape index (κ2) is 5.76. The Labute approximate surface area is 129 Å². The predicted molar refractivity (Wildman–Crippen MR) is 88.2 cm³/mol. The zero-order chi connectivity index (χ0) is 14.1. The van der Waals surface area contributed by atoms with Crippen molar-refractivity contribution in [3.63, 3.8) is 0 Å². The highest BCUT2D eigenvalue weighted by Gasteiger charge is 2.39. The molecule has 1 aromatic carbocycles. The number of rotatable bonds is 4. The van der Waals surface area contributed by atoms with Crippen molar-refractivity contribution in [3.8, 4) is 0 Å². The molecule has 3 aliphatic rings. The predicted octanol–water partition coefficient (Wildman–Crippen LogP) is 5.23. The summed E-state index contributed by atoms with van der Waals surface area (Å²) in [5.74, 6) is 0.898. The van der Waals surface area contributed by atoms with Crippen LogP contribution < -0.4 is 5.32 Å². The lowest BCUT2D eigenvalue weighted by Crippen LogP contribution is -2.39. The van der Waals surface area contributed by atoms with Crippen LogP contribution >= 0.6 is 0 Å². The first-order valence-corrected chi connectivity index (χ1v) is 9.16. The molecule has 1 nitrogen and oxygen atoms in total. The van der Waals surface area contributed by atoms with Gasteiger partial charge in [0.25, 0.3) is 0 Å². The molecule has 114 valence electrons. The Hall–Kier alpha value is -0.820. The van der Waals surface area contributed by atoms with Gasteiger partial charge in [0.15, 0.2) is 0 Å². The van der Waals surface area contributed by atoms with Gasteiger partial charge in [-0.1, -0.05) is 43.2 Å². The molecular formula is C20H29N. The largest absolute Gasteiger partial charge is 0.307 e. The van der Waals surface area contributed by atoms with Crippen molar-refractivity contribution in [1.82, 2.24) is 5.32 Å². The van der Waals surface area contributed by atoms with Crippen LogP contribution in [0.25, 0.3) is 0 Å². The quantitative estimate of drug-likeness (QED) is 0.797. The van der Waals surface area contributed by atoms with Crippen LogP contribution in [0.3, 0.4) is 0 Å². The Morgan fingerprint density at radius 1 is 0.857 bits per heavy atom. The van der Waals surface area contributed by atoms with Crippen LogP contribution in [0.4, 0.5) is 0 Å². The molecule has 0 bridgehead atoms. The first-order valence-electron chi connectivity index (χ1n) is 9.16. The number of benzene rings is 1. The number of hydrogen-bond acceptors (Lipinski definition) is 1. The third-order valence-electron chi connectivity index (χ3n) is 6.38. The van der Waals surface area contributed by atoms with Gasteiger partial charge in [0.05, 0.1) is 0 Å². The molecule has 1 N–H and O–H groups in total. The van der Waals surface area contributed by atoms with Gasteiger partial charge < -0.3 is 5.32 Å². The first kappa shape index (κ1) is 13.8. The molecule has 4 rings (SSSR count). The third kappa shape index (κ3) is 3.04. The highest BCUT2D eigenvalue weighted by atomic mass is 15.0. The Bertz CT molecular complexity index is 446. The molecular weight excluding hydrogens is 254 g/mol. The van der Waals surface area contributed by atoms with E-state index in [0.29, 0.717) is 6.04 Å². The SMILES string of the molecule is c1ccc(C(NC2CCC3(CCCC3)CC2)C2CC2)cc1. The molecule has 1 spiro atoms. The van der Waals surface area contributed by atoms with Crippen LogP contribution in [0.1, 0.15) is 75.8 Å². The van der Waals surface area contributed by atoms with Crippen LogP contribution in [-0.4, -0.2) is 6.04 Å². The molecule has 1 unspecified atom stereocenters. The minimum absolute atomic E-state index is 0.619. The number of hydrogen-bond donors (Lipinski definition) is 1. The van der Waals surface area contributed by atoms with Crippen LogP contribution in [0.15, 0.2) is 30.3 Å². The molecule has 1 atom stereocenters. The lowest BCUT2D eigenvalue weighted by Gasteiger charge is -2.39. The number of nitrogens with one attached hydrogen (secondary N) is 1. The summed E-state index contributed by atoms with van der Waals surface area (Å²) in [6.45, 7) is 0. The van der Waals surface area contributed by atoms with E-state index in [-0.39, 0.29) is 0 Å². The molecule has 0 heterocycles. The fourth-order valence-corrected chi connectivity index (χ4v) is 4.87. The monoisotopic (exact) mass is 283 g/mol. The maximum Gasteiger partial charge on any atom is 0.0351 e. The van der Waals surface area contributed by atoms with Crippen LogP contribution in [0, 0.1) is 11.3 Å². The molecule has 0 saturated heterocycles. The smallest absolute Gasteiger partial charge is 0.0351 e. The highest BCUT2D eigenvalue weighted by Crippen LogP contribution is 2.49. The summed E-state index contributed by atoms with van der Waals surface area (Å²) in [7, 11) is 0. The lowest BCUT2D eigenvalue weighted by atomic mass is 9.71. The lowest BCUT2D eigenvalue weighted by molar-refractivity contribution is 0.160. The van der Waals surface area contributed by atoms with Crippen molar-refractivity contribution >= 4 is 0 Å². The Kier molecular flexibility index (Phi) is 3.79. The van der Waals surface area contributed by atoms with Crippen molar-refractivity contribution in [1.29, 1.82) is 0 Å². The van der Waals surface area contributed by atoms with E-state index in [1.807, 2.05) is 0 Å². The van der Waals surface area contributed by atoms with Gasteiger partial charge in [0, 0.05) is 12.1 Å². The standard InChI is InChI=1S/C20H29N/c1-2-6-16(7-3-1)19(17-8-9-17)21-18-10-14-20(15-11-18)12-4-5-13-20/h1-3,6-7,17-19,21H,4-5,8-15H2. The van der Waals surface area contributed by atoms with E-state index in [0.717, 1.165) is 17.4 Å². The van der Waals surface area contributed by atoms with E-state index in [4.69, 9.17) is 0 Å². The first-order chi connectivity index (χ1) is 10.3. The molecule has 3 saturated carbocycles. The maximum absolute atomic E-state index is 4.04. The topological polar surface area (TPSA) is 12.0 Å². The molecule has 0 amide bonds. The van der Waals surface area contributed by atoms with Gasteiger partial charge in [0.2, 0.25) is 0 Å². The van der Waals surface area contributed by atoms with Crippen molar-refractivity contribution in [3.05, 3.63) is 35.9 Å². The Balaban J connectivity index is 1.38. The van der Waals surface area contributed by atoms with Crippen molar-refractivity contribution in [2.24, 2.45) is 11.3 Å². The fraction of sp³-hybridized carbons (Fsp3) is 0.700. The molecule has 3 aliphatic carbocycles. The highest BCUT2D eigenvalue weighted by molar-refractivity contribution is 5.21. The van der Waals surface area contributed by atoms with Crippen LogP contribution in [0.5, 0.6) is 0 Å². The van der Waals surface area contributed by atoms with Gasteiger partial charge in [-0.3, -0.25) is 0 Å². The average molecular weight is 283 g/mol. The molecule has 1 aromatic rings. The normalized spacial score (nSPS) is 27.0. The second-order valence-electron chi connectivity index (χ2n) is 7.87. The van der Waals surface area contributed by atoms with E-state index in [9.17, 15) is 0 Å². The van der Waals surface area contributed by atoms with E-state index in [2.05, 4.69) is 35.6 Å². The summed E-state index contributed by atoms with van der Waals surface area (Å²) in [4.78, 5) is 0. The molecule has 3 fully saturated rings. The zero-order valence-electron chi connectivity index (χ0n) is 13.2. The summed E-state index contributed by atoms with van der Waals surface area (Å²) in [6, 6.07) is 12.5. The van der Waals surface area contributed by atoms with Crippen molar-refractivity contribution in [2.75, 3.05) is 0 Å². The molecule has 21 heavy (non-hydrogen) atoms. The fourth-order valence-electron chi connectivity index (χ4n) is 4.87. The summed E-state index contributed by atoms with van der Waals surface area (Å²) in [6.07, 6.45) is 14.7. The Morgan fingerprint density at radius 2 is 1.52 bits per heavy atom. The Morgan fingerprint density at radius 3 is 2.14 bits per heavy atom. The molecule has 0 aromatic heterocycles. The van der Waals surface area contributed by atoms with E-state index >= 15 is 0 Å². The van der Waals surface area contributed by atoms with Gasteiger partial charge in [-0.15, -0.1) is 0 Å². The van der Waals surface area contributed by atoms with Gasteiger partial charge in [-0.2, -0.15) is 0 Å². The molecule has 0 aliphatic heterocycles. The summed E-state index contributed by atoms with van der Waals surface area (Å²) in [5, 5.41) is 4.04. The summed E-state index contributed by atoms with van der Waals surface area (Å²) in [5.41, 5.74) is 2.28. The van der Waals surface area contributed by atoms with Gasteiger partial charge in [0.1, 0.15) is 0 Å². The van der Waals surface area contributed by atoms with Crippen LogP contribution in [-0.2, 0) is 0 Å².